The summed E-state index contributed by atoms with van der Waals surface area (Å²) in [4.78, 5) is 0. The van der Waals surface area contributed by atoms with Crippen LogP contribution in [-0.4, -0.2) is 13.2 Å². The first-order valence-electron chi connectivity index (χ1n) is 4.02. The molecule has 1 heteroatoms. The van der Waals surface area contributed by atoms with E-state index in [1.807, 2.05) is 0 Å². The molecule has 0 N–H and O–H groups in total. The Morgan fingerprint density at radius 2 is 1.90 bits per heavy atom. The van der Waals surface area contributed by atoms with Crippen LogP contribution in [0.4, 0.5) is 0 Å². The van der Waals surface area contributed by atoms with Crippen molar-refractivity contribution >= 4 is 0 Å². The molecule has 0 fully saturated rings. The fourth-order valence-corrected chi connectivity index (χ4v) is 0.899. The third-order valence-electron chi connectivity index (χ3n) is 1.72. The number of rotatable bonds is 5. The van der Waals surface area contributed by atoms with Crippen LogP contribution in [0.15, 0.2) is 0 Å². The number of ether oxygens (including phenoxy) is 1. The van der Waals surface area contributed by atoms with E-state index in [0.29, 0.717) is 6.10 Å². The fourth-order valence-electron chi connectivity index (χ4n) is 0.899. The molecule has 1 unspecified atom stereocenters. The van der Waals surface area contributed by atoms with E-state index in [0.717, 1.165) is 18.8 Å². The lowest BCUT2D eigenvalue weighted by molar-refractivity contribution is 0.0922. The molecule has 0 saturated heterocycles. The van der Waals surface area contributed by atoms with Crippen molar-refractivity contribution in [2.75, 3.05) is 7.11 Å². The zero-order valence-electron chi connectivity index (χ0n) is 7.39. The van der Waals surface area contributed by atoms with Crippen molar-refractivity contribution in [1.29, 1.82) is 0 Å². The molecule has 0 rings (SSSR count). The quantitative estimate of drug-likeness (QED) is 0.575. The summed E-state index contributed by atoms with van der Waals surface area (Å²) < 4.78 is 5.19. The molecule has 1 radical (unpaired) electrons. The van der Waals surface area contributed by atoms with Gasteiger partial charge in [-0.15, -0.1) is 0 Å². The van der Waals surface area contributed by atoms with Crippen molar-refractivity contribution in [3.8, 4) is 0 Å². The van der Waals surface area contributed by atoms with E-state index in [-0.39, 0.29) is 0 Å². The molecule has 0 aromatic carbocycles. The summed E-state index contributed by atoms with van der Waals surface area (Å²) in [6, 6.07) is 0. The second kappa shape index (κ2) is 5.72. The van der Waals surface area contributed by atoms with Gasteiger partial charge >= 0.3 is 0 Å². The van der Waals surface area contributed by atoms with Crippen molar-refractivity contribution in [1.82, 2.24) is 0 Å². The molecule has 0 aliphatic rings. The van der Waals surface area contributed by atoms with Gasteiger partial charge in [0.1, 0.15) is 0 Å². The number of hydrogen-bond acceptors (Lipinski definition) is 1. The monoisotopic (exact) mass is 143 g/mol. The first-order chi connectivity index (χ1) is 4.70. The smallest absolute Gasteiger partial charge is 0.0571 e. The van der Waals surface area contributed by atoms with E-state index >= 15 is 0 Å². The van der Waals surface area contributed by atoms with E-state index in [2.05, 4.69) is 20.8 Å². The Hall–Kier alpha value is -0.0400. The second-order valence-corrected chi connectivity index (χ2v) is 3.12. The average Bonchev–Trinajstić information content (AvgIpc) is 1.90. The standard InChI is InChI=1S/C9H19O/c1-5-9(10-4)7-6-8(2)3/h8-9H,1,5-7H2,2-4H3. The summed E-state index contributed by atoms with van der Waals surface area (Å²) in [5.74, 6) is 0.782. The maximum Gasteiger partial charge on any atom is 0.0571 e. The maximum absolute atomic E-state index is 5.19. The Kier molecular flexibility index (Phi) is 5.70. The SMILES string of the molecule is [CH2]CC(CCC(C)C)OC. The maximum atomic E-state index is 5.19. The topological polar surface area (TPSA) is 9.23 Å². The molecule has 0 saturated carbocycles. The first-order valence-corrected chi connectivity index (χ1v) is 4.02. The molecule has 1 nitrogen and oxygen atoms in total. The molecule has 61 valence electrons. The molecule has 0 bridgehead atoms. The molecule has 0 aromatic heterocycles. The molecule has 0 spiro atoms. The molecule has 0 aliphatic heterocycles. The van der Waals surface area contributed by atoms with Crippen LogP contribution in [-0.2, 0) is 4.74 Å². The van der Waals surface area contributed by atoms with Gasteiger partial charge in [-0.3, -0.25) is 0 Å². The summed E-state index contributed by atoms with van der Waals surface area (Å²) in [5.41, 5.74) is 0. The van der Waals surface area contributed by atoms with Crippen molar-refractivity contribution in [2.24, 2.45) is 5.92 Å². The highest BCUT2D eigenvalue weighted by Gasteiger charge is 2.04. The molecular formula is C9H19O. The molecule has 10 heavy (non-hydrogen) atoms. The summed E-state index contributed by atoms with van der Waals surface area (Å²) in [7, 11) is 1.76. The highest BCUT2D eigenvalue weighted by molar-refractivity contribution is 4.59. The van der Waals surface area contributed by atoms with E-state index in [1.165, 1.54) is 6.42 Å². The Balaban J connectivity index is 3.26. The Bertz CT molecular complexity index is 65.1. The zero-order chi connectivity index (χ0) is 7.98. The van der Waals surface area contributed by atoms with E-state index < -0.39 is 0 Å². The molecular weight excluding hydrogens is 124 g/mol. The highest BCUT2D eigenvalue weighted by Crippen LogP contribution is 2.10. The minimum absolute atomic E-state index is 0.377. The van der Waals surface area contributed by atoms with Gasteiger partial charge in [-0.05, 0) is 25.2 Å². The normalized spacial score (nSPS) is 14.1. The molecule has 0 amide bonds. The molecule has 0 aliphatic carbocycles. The predicted molar refractivity (Wildman–Crippen MR) is 44.8 cm³/mol. The van der Waals surface area contributed by atoms with Crippen LogP contribution in [0.5, 0.6) is 0 Å². The Morgan fingerprint density at radius 1 is 1.30 bits per heavy atom. The van der Waals surface area contributed by atoms with Crippen LogP contribution in [0, 0.1) is 12.8 Å². The first kappa shape index (κ1) is 9.96. The van der Waals surface area contributed by atoms with Crippen LogP contribution in [0.3, 0.4) is 0 Å². The number of hydrogen-bond donors (Lipinski definition) is 0. The molecule has 0 heterocycles. The lowest BCUT2D eigenvalue weighted by atomic mass is 10.0. The van der Waals surface area contributed by atoms with Gasteiger partial charge in [0, 0.05) is 7.11 Å². The third kappa shape index (κ3) is 4.80. The van der Waals surface area contributed by atoms with E-state index in [4.69, 9.17) is 4.74 Å². The van der Waals surface area contributed by atoms with Crippen molar-refractivity contribution in [3.63, 3.8) is 0 Å². The molecule has 1 atom stereocenters. The number of methoxy groups -OCH3 is 1. The lowest BCUT2D eigenvalue weighted by Crippen LogP contribution is -2.09. The van der Waals surface area contributed by atoms with Crippen molar-refractivity contribution in [2.45, 2.75) is 39.2 Å². The molecule has 0 aromatic rings. The summed E-state index contributed by atoms with van der Waals surface area (Å²) in [6.07, 6.45) is 3.66. The van der Waals surface area contributed by atoms with Gasteiger partial charge in [0.05, 0.1) is 6.10 Å². The van der Waals surface area contributed by atoms with Gasteiger partial charge in [0.25, 0.3) is 0 Å². The Labute approximate surface area is 64.8 Å². The summed E-state index contributed by atoms with van der Waals surface area (Å²) in [5, 5.41) is 0. The third-order valence-corrected chi connectivity index (χ3v) is 1.72. The average molecular weight is 143 g/mol. The van der Waals surface area contributed by atoms with Gasteiger partial charge in [0.2, 0.25) is 0 Å². The van der Waals surface area contributed by atoms with Gasteiger partial charge < -0.3 is 4.74 Å². The van der Waals surface area contributed by atoms with Crippen LogP contribution >= 0.6 is 0 Å². The summed E-state index contributed by atoms with van der Waals surface area (Å²) >= 11 is 0. The lowest BCUT2D eigenvalue weighted by Gasteiger charge is -2.13. The van der Waals surface area contributed by atoms with E-state index in [1.54, 1.807) is 7.11 Å². The minimum atomic E-state index is 0.377. The van der Waals surface area contributed by atoms with Crippen molar-refractivity contribution < 1.29 is 4.74 Å². The van der Waals surface area contributed by atoms with Gasteiger partial charge in [-0.1, -0.05) is 20.8 Å². The van der Waals surface area contributed by atoms with Crippen LogP contribution in [0.25, 0.3) is 0 Å². The summed E-state index contributed by atoms with van der Waals surface area (Å²) in [6.45, 7) is 8.27. The van der Waals surface area contributed by atoms with Crippen LogP contribution in [0.1, 0.15) is 33.1 Å². The van der Waals surface area contributed by atoms with Gasteiger partial charge in [0.15, 0.2) is 0 Å². The minimum Gasteiger partial charge on any atom is -0.381 e. The Morgan fingerprint density at radius 3 is 2.20 bits per heavy atom. The fraction of sp³-hybridized carbons (Fsp3) is 0.889. The van der Waals surface area contributed by atoms with Crippen LogP contribution < -0.4 is 0 Å². The van der Waals surface area contributed by atoms with Gasteiger partial charge in [-0.2, -0.15) is 0 Å². The van der Waals surface area contributed by atoms with Crippen LogP contribution in [0.2, 0.25) is 0 Å². The largest absolute Gasteiger partial charge is 0.381 e. The van der Waals surface area contributed by atoms with E-state index in [9.17, 15) is 0 Å². The predicted octanol–water partition coefficient (Wildman–Crippen LogP) is 2.66. The second-order valence-electron chi connectivity index (χ2n) is 3.12. The highest BCUT2D eigenvalue weighted by atomic mass is 16.5. The zero-order valence-corrected chi connectivity index (χ0v) is 7.39. The van der Waals surface area contributed by atoms with Crippen molar-refractivity contribution in [3.05, 3.63) is 6.92 Å². The van der Waals surface area contributed by atoms with Gasteiger partial charge in [-0.25, -0.2) is 0 Å².